The lowest BCUT2D eigenvalue weighted by Crippen LogP contribution is -2.41. The average molecular weight is 218 g/mol. The molecule has 4 rings (SSSR count). The molecule has 16 heavy (non-hydrogen) atoms. The molecule has 0 heterocycles. The van der Waals surface area contributed by atoms with E-state index in [-0.39, 0.29) is 0 Å². The topological polar surface area (TPSA) is 0 Å². The van der Waals surface area contributed by atoms with Gasteiger partial charge in [0.1, 0.15) is 0 Å². The lowest BCUT2D eigenvalue weighted by atomic mass is 9.58. The second-order valence-electron chi connectivity index (χ2n) is 7.95. The van der Waals surface area contributed by atoms with E-state index < -0.39 is 0 Å². The molecule has 6 unspecified atom stereocenters. The van der Waals surface area contributed by atoms with Gasteiger partial charge in [0.15, 0.2) is 0 Å². The van der Waals surface area contributed by atoms with E-state index in [1.165, 1.54) is 17.8 Å². The molecule has 90 valence electrons. The van der Waals surface area contributed by atoms with Crippen LogP contribution in [0.2, 0.25) is 0 Å². The third-order valence-corrected chi connectivity index (χ3v) is 7.48. The van der Waals surface area contributed by atoms with E-state index in [1.54, 1.807) is 32.1 Å². The average Bonchev–Trinajstić information content (AvgIpc) is 2.92. The summed E-state index contributed by atoms with van der Waals surface area (Å²) in [6.07, 6.45) is 7.98. The molecule has 0 aliphatic heterocycles. The Hall–Kier alpha value is 0. The summed E-state index contributed by atoms with van der Waals surface area (Å²) in [4.78, 5) is 0. The standard InChI is InChI=1S/C16H26/c1-9(2)16(3)8-12-7-13(16)15-11-5-4-10(6-11)14(12)15/h9-15H,4-8H2,1-3H3/t10?,11?,12?,13?,14?,15?,16-/m1/s1. The molecule has 4 aliphatic carbocycles. The second-order valence-corrected chi connectivity index (χ2v) is 7.95. The molecule has 0 aromatic heterocycles. The van der Waals surface area contributed by atoms with Crippen LogP contribution in [-0.2, 0) is 0 Å². The Morgan fingerprint density at radius 3 is 2.31 bits per heavy atom. The van der Waals surface area contributed by atoms with Crippen molar-refractivity contribution in [3.63, 3.8) is 0 Å². The Morgan fingerprint density at radius 1 is 0.938 bits per heavy atom. The fourth-order valence-electron chi connectivity index (χ4n) is 6.63. The van der Waals surface area contributed by atoms with Crippen molar-refractivity contribution in [2.24, 2.45) is 46.8 Å². The maximum Gasteiger partial charge on any atom is -0.0269 e. The highest BCUT2D eigenvalue weighted by molar-refractivity contribution is 5.14. The predicted molar refractivity (Wildman–Crippen MR) is 67.0 cm³/mol. The normalized spacial score (nSPS) is 62.2. The molecular formula is C16H26. The number of fused-ring (bicyclic) bond motifs is 9. The van der Waals surface area contributed by atoms with Crippen LogP contribution in [0.4, 0.5) is 0 Å². The van der Waals surface area contributed by atoms with E-state index in [0.717, 1.165) is 23.7 Å². The summed E-state index contributed by atoms with van der Waals surface area (Å²) in [7, 11) is 0. The van der Waals surface area contributed by atoms with Crippen molar-refractivity contribution in [2.75, 3.05) is 0 Å². The molecule has 0 nitrogen and oxygen atoms in total. The van der Waals surface area contributed by atoms with E-state index in [1.807, 2.05) is 0 Å². The van der Waals surface area contributed by atoms with Gasteiger partial charge in [0.25, 0.3) is 0 Å². The molecule has 4 saturated carbocycles. The zero-order valence-corrected chi connectivity index (χ0v) is 11.1. The van der Waals surface area contributed by atoms with Gasteiger partial charge in [-0.25, -0.2) is 0 Å². The van der Waals surface area contributed by atoms with Crippen molar-refractivity contribution >= 4 is 0 Å². The lowest BCUT2D eigenvalue weighted by Gasteiger charge is -2.47. The monoisotopic (exact) mass is 218 g/mol. The van der Waals surface area contributed by atoms with Gasteiger partial charge in [-0.3, -0.25) is 0 Å². The molecule has 0 aromatic rings. The first kappa shape index (κ1) is 9.97. The molecule has 0 amide bonds. The summed E-state index contributed by atoms with van der Waals surface area (Å²) in [5.74, 6) is 7.84. The van der Waals surface area contributed by atoms with Crippen LogP contribution >= 0.6 is 0 Å². The maximum absolute atomic E-state index is 2.62. The molecule has 7 atom stereocenters. The SMILES string of the molecule is CC(C)[C@@]1(C)CC2CC1C1C3CCC(C3)C21. The molecule has 0 spiro atoms. The maximum atomic E-state index is 2.62. The van der Waals surface area contributed by atoms with Crippen molar-refractivity contribution in [1.29, 1.82) is 0 Å². The molecule has 4 aliphatic rings. The van der Waals surface area contributed by atoms with Crippen molar-refractivity contribution in [3.8, 4) is 0 Å². The first-order valence-corrected chi connectivity index (χ1v) is 7.61. The van der Waals surface area contributed by atoms with Gasteiger partial charge in [0.2, 0.25) is 0 Å². The summed E-state index contributed by atoms with van der Waals surface area (Å²) in [6, 6.07) is 0. The van der Waals surface area contributed by atoms with E-state index >= 15 is 0 Å². The molecule has 4 bridgehead atoms. The molecule has 0 saturated heterocycles. The van der Waals surface area contributed by atoms with Crippen molar-refractivity contribution in [1.82, 2.24) is 0 Å². The second kappa shape index (κ2) is 2.87. The van der Waals surface area contributed by atoms with Gasteiger partial charge < -0.3 is 0 Å². The van der Waals surface area contributed by atoms with E-state index in [9.17, 15) is 0 Å². The quantitative estimate of drug-likeness (QED) is 0.574. The summed E-state index contributed by atoms with van der Waals surface area (Å²) < 4.78 is 0. The summed E-state index contributed by atoms with van der Waals surface area (Å²) in [5, 5.41) is 0. The Morgan fingerprint density at radius 2 is 1.62 bits per heavy atom. The van der Waals surface area contributed by atoms with Crippen LogP contribution in [0.25, 0.3) is 0 Å². The summed E-state index contributed by atoms with van der Waals surface area (Å²) in [6.45, 7) is 7.57. The van der Waals surface area contributed by atoms with E-state index in [4.69, 9.17) is 0 Å². The Bertz CT molecular complexity index is 318. The minimum Gasteiger partial charge on any atom is -0.0622 e. The minimum absolute atomic E-state index is 0.705. The zero-order chi connectivity index (χ0) is 11.1. The Kier molecular flexibility index (Phi) is 1.79. The molecule has 0 N–H and O–H groups in total. The van der Waals surface area contributed by atoms with Gasteiger partial charge in [-0.2, -0.15) is 0 Å². The van der Waals surface area contributed by atoms with Crippen LogP contribution < -0.4 is 0 Å². The van der Waals surface area contributed by atoms with Gasteiger partial charge >= 0.3 is 0 Å². The summed E-state index contributed by atoms with van der Waals surface area (Å²) >= 11 is 0. The van der Waals surface area contributed by atoms with Crippen LogP contribution in [0.3, 0.4) is 0 Å². The van der Waals surface area contributed by atoms with Gasteiger partial charge in [0.05, 0.1) is 0 Å². The third-order valence-electron chi connectivity index (χ3n) is 7.48. The smallest absolute Gasteiger partial charge is 0.0269 e. The van der Waals surface area contributed by atoms with E-state index in [0.29, 0.717) is 5.41 Å². The fraction of sp³-hybridized carbons (Fsp3) is 1.00. The van der Waals surface area contributed by atoms with Gasteiger partial charge in [-0.15, -0.1) is 0 Å². The molecule has 0 heteroatoms. The van der Waals surface area contributed by atoms with Crippen LogP contribution in [-0.4, -0.2) is 0 Å². The van der Waals surface area contributed by atoms with Gasteiger partial charge in [-0.05, 0) is 78.9 Å². The zero-order valence-electron chi connectivity index (χ0n) is 11.1. The highest BCUT2D eigenvalue weighted by Gasteiger charge is 2.65. The van der Waals surface area contributed by atoms with Crippen molar-refractivity contribution in [3.05, 3.63) is 0 Å². The third kappa shape index (κ3) is 0.946. The molecule has 4 fully saturated rings. The number of hydrogen-bond acceptors (Lipinski definition) is 0. The highest BCUT2D eigenvalue weighted by atomic mass is 14.7. The largest absolute Gasteiger partial charge is 0.0622 e. The van der Waals surface area contributed by atoms with Crippen LogP contribution in [0.15, 0.2) is 0 Å². The molecular weight excluding hydrogens is 192 g/mol. The number of hydrogen-bond donors (Lipinski definition) is 0. The Labute approximate surface area is 100 Å². The number of rotatable bonds is 1. The van der Waals surface area contributed by atoms with E-state index in [2.05, 4.69) is 20.8 Å². The summed E-state index contributed by atoms with van der Waals surface area (Å²) in [5.41, 5.74) is 0.705. The van der Waals surface area contributed by atoms with Crippen LogP contribution in [0, 0.1) is 46.8 Å². The minimum atomic E-state index is 0.705. The van der Waals surface area contributed by atoms with Crippen molar-refractivity contribution in [2.45, 2.75) is 52.9 Å². The molecule has 0 radical (unpaired) electrons. The van der Waals surface area contributed by atoms with Crippen LogP contribution in [0.5, 0.6) is 0 Å². The Balaban J connectivity index is 1.70. The first-order valence-electron chi connectivity index (χ1n) is 7.61. The highest BCUT2D eigenvalue weighted by Crippen LogP contribution is 2.72. The van der Waals surface area contributed by atoms with Gasteiger partial charge in [-0.1, -0.05) is 20.8 Å². The van der Waals surface area contributed by atoms with Crippen molar-refractivity contribution < 1.29 is 0 Å². The van der Waals surface area contributed by atoms with Crippen LogP contribution in [0.1, 0.15) is 52.9 Å². The predicted octanol–water partition coefficient (Wildman–Crippen LogP) is 4.35. The fourth-order valence-corrected chi connectivity index (χ4v) is 6.63. The molecule has 0 aromatic carbocycles. The van der Waals surface area contributed by atoms with Gasteiger partial charge in [0, 0.05) is 0 Å². The lowest BCUT2D eigenvalue weighted by molar-refractivity contribution is 0.0145. The first-order chi connectivity index (χ1) is 7.61.